The third kappa shape index (κ3) is 5.29. The molecule has 0 radical (unpaired) electrons. The average molecular weight is 449 g/mol. The molecule has 3 heterocycles. The Morgan fingerprint density at radius 3 is 2.81 bits per heavy atom. The van der Waals surface area contributed by atoms with Crippen LogP contribution in [0.25, 0.3) is 0 Å². The first-order valence-electron chi connectivity index (χ1n) is 10.1. The van der Waals surface area contributed by atoms with Crippen molar-refractivity contribution in [2.24, 2.45) is 4.99 Å². The van der Waals surface area contributed by atoms with Gasteiger partial charge >= 0.3 is 0 Å². The van der Waals surface area contributed by atoms with Crippen molar-refractivity contribution in [1.82, 2.24) is 20.0 Å². The standard InChI is InChI=1S/C20H25FN6O3S/c1-25(2)7-10-31-20-24-23-19(30-20)18-15-11-14(21)3-4-16(15)27(17(28)12-22-18)13-26-5-8-29-9-6-26/h3-4,11H,5-10,12-13H2,1-2H3. The summed E-state index contributed by atoms with van der Waals surface area (Å²) in [6.45, 7) is 3.87. The number of hydrogen-bond donors (Lipinski definition) is 0. The quantitative estimate of drug-likeness (QED) is 0.587. The van der Waals surface area contributed by atoms with Crippen molar-refractivity contribution < 1.29 is 18.3 Å². The van der Waals surface area contributed by atoms with Gasteiger partial charge in [0.15, 0.2) is 0 Å². The van der Waals surface area contributed by atoms with Crippen molar-refractivity contribution in [2.75, 3.05) is 70.8 Å². The lowest BCUT2D eigenvalue weighted by molar-refractivity contribution is -0.117. The third-order valence-corrected chi connectivity index (χ3v) is 5.79. The summed E-state index contributed by atoms with van der Waals surface area (Å²) in [6.07, 6.45) is 0. The van der Waals surface area contributed by atoms with E-state index in [2.05, 4.69) is 25.0 Å². The van der Waals surface area contributed by atoms with Crippen LogP contribution in [0, 0.1) is 5.82 Å². The number of nitrogens with zero attached hydrogens (tertiary/aromatic N) is 6. The van der Waals surface area contributed by atoms with Crippen LogP contribution in [-0.2, 0) is 9.53 Å². The molecule has 0 N–H and O–H groups in total. The summed E-state index contributed by atoms with van der Waals surface area (Å²) < 4.78 is 25.4. The van der Waals surface area contributed by atoms with Crippen molar-refractivity contribution in [1.29, 1.82) is 0 Å². The zero-order valence-electron chi connectivity index (χ0n) is 17.6. The number of ether oxygens (including phenoxy) is 1. The second kappa shape index (κ2) is 9.86. The summed E-state index contributed by atoms with van der Waals surface area (Å²) in [5.74, 6) is 0.375. The Morgan fingerprint density at radius 2 is 2.03 bits per heavy atom. The zero-order valence-corrected chi connectivity index (χ0v) is 18.4. The molecule has 9 nitrogen and oxygen atoms in total. The fraction of sp³-hybridized carbons (Fsp3) is 0.500. The molecule has 2 aliphatic rings. The van der Waals surface area contributed by atoms with Gasteiger partial charge in [0.25, 0.3) is 11.1 Å². The number of fused-ring (bicyclic) bond motifs is 1. The van der Waals surface area contributed by atoms with Gasteiger partial charge in [0, 0.05) is 31.0 Å². The lowest BCUT2D eigenvalue weighted by atomic mass is 10.1. The lowest BCUT2D eigenvalue weighted by Crippen LogP contribution is -2.47. The maximum absolute atomic E-state index is 14.2. The van der Waals surface area contributed by atoms with Crippen LogP contribution in [-0.4, -0.2) is 97.5 Å². The number of aliphatic imine (C=N–C) groups is 1. The van der Waals surface area contributed by atoms with Crippen LogP contribution in [0.4, 0.5) is 10.1 Å². The van der Waals surface area contributed by atoms with Gasteiger partial charge in [-0.3, -0.25) is 19.6 Å². The molecule has 2 aromatic rings. The van der Waals surface area contributed by atoms with E-state index in [0.717, 1.165) is 25.4 Å². The SMILES string of the molecule is CN(C)CCSc1nnc(C2=NCC(=O)N(CN3CCOCC3)c3ccc(F)cc32)o1. The Hall–Kier alpha value is -2.34. The Balaban J connectivity index is 1.61. The highest BCUT2D eigenvalue weighted by atomic mass is 32.2. The number of rotatable bonds is 7. The van der Waals surface area contributed by atoms with E-state index in [-0.39, 0.29) is 18.3 Å². The maximum atomic E-state index is 14.2. The van der Waals surface area contributed by atoms with E-state index < -0.39 is 5.82 Å². The molecule has 0 saturated carbocycles. The molecule has 2 aliphatic heterocycles. The van der Waals surface area contributed by atoms with Crippen LogP contribution in [0.5, 0.6) is 0 Å². The molecule has 0 unspecified atom stereocenters. The van der Waals surface area contributed by atoms with Crippen molar-refractivity contribution in [2.45, 2.75) is 5.22 Å². The van der Waals surface area contributed by atoms with E-state index in [9.17, 15) is 9.18 Å². The largest absolute Gasteiger partial charge is 0.410 e. The Kier molecular flexibility index (Phi) is 6.96. The highest BCUT2D eigenvalue weighted by Gasteiger charge is 2.29. The number of carbonyl (C=O) groups is 1. The molecule has 31 heavy (non-hydrogen) atoms. The first-order valence-corrected chi connectivity index (χ1v) is 11.1. The Labute approximate surface area is 184 Å². The summed E-state index contributed by atoms with van der Waals surface area (Å²) >= 11 is 1.44. The highest BCUT2D eigenvalue weighted by Crippen LogP contribution is 2.29. The molecule has 1 aromatic heterocycles. The van der Waals surface area contributed by atoms with Gasteiger partial charge in [0.05, 0.1) is 25.6 Å². The van der Waals surface area contributed by atoms with E-state index in [1.165, 1.54) is 23.9 Å². The second-order valence-electron chi connectivity index (χ2n) is 7.54. The van der Waals surface area contributed by atoms with Crippen molar-refractivity contribution in [3.63, 3.8) is 0 Å². The number of benzodiazepines with no additional fused rings is 1. The molecule has 0 atom stereocenters. The average Bonchev–Trinajstić information content (AvgIpc) is 3.16. The number of halogens is 1. The first-order chi connectivity index (χ1) is 15.0. The highest BCUT2D eigenvalue weighted by molar-refractivity contribution is 7.99. The van der Waals surface area contributed by atoms with Gasteiger partial charge in [-0.05, 0) is 32.3 Å². The molecule has 4 rings (SSSR count). The van der Waals surface area contributed by atoms with E-state index >= 15 is 0 Å². The summed E-state index contributed by atoms with van der Waals surface area (Å²) in [4.78, 5) is 23.2. The number of amides is 1. The van der Waals surface area contributed by atoms with Crippen LogP contribution in [0.15, 0.2) is 32.8 Å². The van der Waals surface area contributed by atoms with Gasteiger partial charge < -0.3 is 14.1 Å². The molecule has 166 valence electrons. The third-order valence-electron chi connectivity index (χ3n) is 5.00. The zero-order chi connectivity index (χ0) is 21.8. The van der Waals surface area contributed by atoms with Crippen molar-refractivity contribution in [3.05, 3.63) is 35.5 Å². The van der Waals surface area contributed by atoms with Crippen LogP contribution in [0.3, 0.4) is 0 Å². The first kappa shape index (κ1) is 21.9. The van der Waals surface area contributed by atoms with Crippen LogP contribution in [0.2, 0.25) is 0 Å². The summed E-state index contributed by atoms with van der Waals surface area (Å²) in [5.41, 5.74) is 1.38. The number of morpholine rings is 1. The molecule has 0 bridgehead atoms. The van der Waals surface area contributed by atoms with Crippen molar-refractivity contribution >= 4 is 29.1 Å². The molecular weight excluding hydrogens is 423 g/mol. The van der Waals surface area contributed by atoms with Crippen molar-refractivity contribution in [3.8, 4) is 0 Å². The Morgan fingerprint density at radius 1 is 1.23 bits per heavy atom. The minimum Gasteiger partial charge on any atom is -0.410 e. The molecule has 0 spiro atoms. The number of carbonyl (C=O) groups excluding carboxylic acids is 1. The van der Waals surface area contributed by atoms with E-state index in [0.29, 0.717) is 42.1 Å². The summed E-state index contributed by atoms with van der Waals surface area (Å²) in [5, 5.41) is 8.61. The van der Waals surface area contributed by atoms with E-state index in [1.807, 2.05) is 14.1 Å². The predicted molar refractivity (Wildman–Crippen MR) is 115 cm³/mol. The smallest absolute Gasteiger partial charge is 0.276 e. The predicted octanol–water partition coefficient (Wildman–Crippen LogP) is 1.34. The van der Waals surface area contributed by atoms with Crippen LogP contribution >= 0.6 is 11.8 Å². The summed E-state index contributed by atoms with van der Waals surface area (Å²) in [6, 6.07) is 4.31. The molecule has 1 amide bonds. The van der Waals surface area contributed by atoms with Crippen LogP contribution < -0.4 is 4.90 Å². The molecule has 0 aliphatic carbocycles. The topological polar surface area (TPSA) is 87.3 Å². The molecule has 1 aromatic carbocycles. The number of anilines is 1. The number of hydrogen-bond acceptors (Lipinski definition) is 9. The minimum absolute atomic E-state index is 0.0819. The van der Waals surface area contributed by atoms with Gasteiger partial charge in [-0.1, -0.05) is 11.8 Å². The molecular formula is C20H25FN6O3S. The molecule has 1 saturated heterocycles. The number of aromatic nitrogens is 2. The lowest BCUT2D eigenvalue weighted by Gasteiger charge is -2.32. The Bertz CT molecular complexity index is 960. The van der Waals surface area contributed by atoms with Gasteiger partial charge in [-0.2, -0.15) is 0 Å². The van der Waals surface area contributed by atoms with Gasteiger partial charge in [-0.15, -0.1) is 10.2 Å². The van der Waals surface area contributed by atoms with E-state index in [4.69, 9.17) is 9.15 Å². The maximum Gasteiger partial charge on any atom is 0.276 e. The van der Waals surface area contributed by atoms with Crippen LogP contribution in [0.1, 0.15) is 11.5 Å². The van der Waals surface area contributed by atoms with Gasteiger partial charge in [-0.25, -0.2) is 4.39 Å². The summed E-state index contributed by atoms with van der Waals surface area (Å²) in [7, 11) is 3.98. The second-order valence-corrected chi connectivity index (χ2v) is 8.59. The van der Waals surface area contributed by atoms with Gasteiger partial charge in [0.1, 0.15) is 18.1 Å². The van der Waals surface area contributed by atoms with E-state index in [1.54, 1.807) is 11.0 Å². The van der Waals surface area contributed by atoms with Gasteiger partial charge in [0.2, 0.25) is 5.91 Å². The number of benzene rings is 1. The molecule has 11 heteroatoms. The number of thioether (sulfide) groups is 1. The minimum atomic E-state index is -0.424. The molecule has 1 fully saturated rings. The fourth-order valence-electron chi connectivity index (χ4n) is 3.34. The monoisotopic (exact) mass is 448 g/mol. The fourth-order valence-corrected chi connectivity index (χ4v) is 4.21. The normalized spacial score (nSPS) is 17.6.